The summed E-state index contributed by atoms with van der Waals surface area (Å²) >= 11 is 1.85. The van der Waals surface area contributed by atoms with Gasteiger partial charge in [-0.2, -0.15) is 8.42 Å². The summed E-state index contributed by atoms with van der Waals surface area (Å²) in [6.45, 7) is 1.37. The van der Waals surface area contributed by atoms with Crippen molar-refractivity contribution in [3.63, 3.8) is 0 Å². The number of nitrogens with zero attached hydrogens (tertiary/aromatic N) is 1. The molecule has 1 heterocycles. The lowest BCUT2D eigenvalue weighted by molar-refractivity contribution is 0.286. The molecule has 28 heavy (non-hydrogen) atoms. The predicted octanol–water partition coefficient (Wildman–Crippen LogP) is 4.24. The fraction of sp³-hybridized carbons (Fsp3) is 0.333. The van der Waals surface area contributed by atoms with Crippen LogP contribution in [-0.4, -0.2) is 48.7 Å². The third-order valence-corrected chi connectivity index (χ3v) is 6.72. The first-order chi connectivity index (χ1) is 13.3. The number of rotatable bonds is 4. The Morgan fingerprint density at radius 3 is 2.39 bits per heavy atom. The molecule has 0 radical (unpaired) electrons. The maximum absolute atomic E-state index is 9.56. The van der Waals surface area contributed by atoms with Gasteiger partial charge in [0.2, 0.25) is 0 Å². The van der Waals surface area contributed by atoms with E-state index in [1.165, 1.54) is 38.9 Å². The minimum atomic E-state index is -3.66. The van der Waals surface area contributed by atoms with Crippen molar-refractivity contribution < 1.29 is 13.0 Å². The number of H-pyrrole nitrogens is 1. The smallest absolute Gasteiger partial charge is 0.264 e. The standard InChI is InChI=1S/C19H20N2S.C2H6O3S/c1-21(2)14-11-13-7-6-10-17-18(13)16(12-14)19(20-17)22-15-8-4-3-5-9-15;1-2-6(3,4)5/h3-10,14,20H,11-12H2,1-2H3;2H2,1H3,(H,3,4,5). The van der Waals surface area contributed by atoms with Gasteiger partial charge in [-0.3, -0.25) is 4.55 Å². The normalized spacial score (nSPS) is 16.1. The molecular weight excluding hydrogens is 392 g/mol. The van der Waals surface area contributed by atoms with Crippen molar-refractivity contribution in [2.75, 3.05) is 19.8 Å². The van der Waals surface area contributed by atoms with Crippen molar-refractivity contribution in [2.45, 2.75) is 35.7 Å². The van der Waals surface area contributed by atoms with Crippen LogP contribution in [0.25, 0.3) is 10.9 Å². The molecule has 1 aliphatic carbocycles. The number of hydrogen-bond donors (Lipinski definition) is 2. The lowest BCUT2D eigenvalue weighted by atomic mass is 9.89. The second-order valence-electron chi connectivity index (χ2n) is 7.08. The highest BCUT2D eigenvalue weighted by Crippen LogP contribution is 2.39. The van der Waals surface area contributed by atoms with Gasteiger partial charge < -0.3 is 9.88 Å². The molecule has 4 rings (SSSR count). The Morgan fingerprint density at radius 2 is 1.79 bits per heavy atom. The molecule has 0 aliphatic heterocycles. The van der Waals surface area contributed by atoms with Crippen LogP contribution in [0.3, 0.4) is 0 Å². The summed E-state index contributed by atoms with van der Waals surface area (Å²) in [6.07, 6.45) is 2.27. The van der Waals surface area contributed by atoms with Crippen molar-refractivity contribution in [1.82, 2.24) is 9.88 Å². The van der Waals surface area contributed by atoms with E-state index in [1.54, 1.807) is 0 Å². The van der Waals surface area contributed by atoms with Gasteiger partial charge in [0.05, 0.1) is 10.8 Å². The van der Waals surface area contributed by atoms with Gasteiger partial charge in [0.25, 0.3) is 10.1 Å². The molecular formula is C21H26N2O3S2. The third-order valence-electron chi connectivity index (χ3n) is 4.93. The first-order valence-electron chi connectivity index (χ1n) is 9.25. The number of benzene rings is 2. The Hall–Kier alpha value is -1.80. The second-order valence-corrected chi connectivity index (χ2v) is 9.91. The number of likely N-dealkylation sites (N-methyl/N-ethyl adjacent to an activating group) is 1. The van der Waals surface area contributed by atoms with Crippen molar-refractivity contribution in [3.8, 4) is 0 Å². The summed E-state index contributed by atoms with van der Waals surface area (Å²) < 4.78 is 26.9. The van der Waals surface area contributed by atoms with Crippen molar-refractivity contribution in [1.29, 1.82) is 0 Å². The number of nitrogens with one attached hydrogen (secondary N) is 1. The van der Waals surface area contributed by atoms with Gasteiger partial charge in [-0.1, -0.05) is 42.1 Å². The zero-order valence-electron chi connectivity index (χ0n) is 16.3. The van der Waals surface area contributed by atoms with Crippen LogP contribution in [0.15, 0.2) is 58.5 Å². The third kappa shape index (κ3) is 4.97. The molecule has 0 bridgehead atoms. The highest BCUT2D eigenvalue weighted by atomic mass is 32.2. The summed E-state index contributed by atoms with van der Waals surface area (Å²) in [7, 11) is 0.712. The zero-order valence-corrected chi connectivity index (χ0v) is 18.0. The monoisotopic (exact) mass is 418 g/mol. The van der Waals surface area contributed by atoms with E-state index in [0.29, 0.717) is 6.04 Å². The van der Waals surface area contributed by atoms with E-state index in [-0.39, 0.29) is 5.75 Å². The van der Waals surface area contributed by atoms with Crippen LogP contribution in [0.2, 0.25) is 0 Å². The molecule has 0 amide bonds. The van der Waals surface area contributed by atoms with E-state index in [1.807, 2.05) is 11.8 Å². The van der Waals surface area contributed by atoms with Crippen LogP contribution in [0, 0.1) is 0 Å². The molecule has 0 spiro atoms. The molecule has 0 saturated carbocycles. The lowest BCUT2D eigenvalue weighted by Crippen LogP contribution is -2.34. The lowest BCUT2D eigenvalue weighted by Gasteiger charge is -2.28. The zero-order chi connectivity index (χ0) is 20.3. The first-order valence-corrected chi connectivity index (χ1v) is 11.7. The van der Waals surface area contributed by atoms with Crippen LogP contribution >= 0.6 is 11.8 Å². The molecule has 2 N–H and O–H groups in total. The Morgan fingerprint density at radius 1 is 1.11 bits per heavy atom. The average Bonchev–Trinajstić information content (AvgIpc) is 3.01. The topological polar surface area (TPSA) is 73.4 Å². The van der Waals surface area contributed by atoms with Gasteiger partial charge in [-0.15, -0.1) is 0 Å². The van der Waals surface area contributed by atoms with Crippen molar-refractivity contribution in [2.24, 2.45) is 0 Å². The summed E-state index contributed by atoms with van der Waals surface area (Å²) in [5.41, 5.74) is 4.25. The van der Waals surface area contributed by atoms with Gasteiger partial charge in [-0.05, 0) is 63.2 Å². The maximum atomic E-state index is 9.56. The minimum Gasteiger partial charge on any atom is -0.349 e. The molecule has 2 aromatic carbocycles. The van der Waals surface area contributed by atoms with E-state index in [2.05, 4.69) is 72.5 Å². The van der Waals surface area contributed by atoms with E-state index in [9.17, 15) is 8.42 Å². The predicted molar refractivity (Wildman–Crippen MR) is 116 cm³/mol. The fourth-order valence-electron chi connectivity index (χ4n) is 3.36. The Bertz CT molecular complexity index is 1040. The summed E-state index contributed by atoms with van der Waals surface area (Å²) in [5.74, 6) is -0.201. The molecule has 1 atom stereocenters. The van der Waals surface area contributed by atoms with Gasteiger partial charge in [0.1, 0.15) is 0 Å². The van der Waals surface area contributed by atoms with E-state index >= 15 is 0 Å². The SMILES string of the molecule is CCS(=O)(=O)O.CN(C)C1Cc2cccc3[nH]c(Sc4ccccc4)c(c23)C1. The molecule has 0 fully saturated rings. The van der Waals surface area contributed by atoms with Crippen LogP contribution in [0.1, 0.15) is 18.1 Å². The largest absolute Gasteiger partial charge is 0.349 e. The summed E-state index contributed by atoms with van der Waals surface area (Å²) in [5, 5.41) is 2.76. The summed E-state index contributed by atoms with van der Waals surface area (Å²) in [4.78, 5) is 7.29. The number of aromatic amines is 1. The average molecular weight is 419 g/mol. The molecule has 0 saturated heterocycles. The molecule has 150 valence electrons. The van der Waals surface area contributed by atoms with Gasteiger partial charge in [-0.25, -0.2) is 0 Å². The first kappa shape index (κ1) is 20.9. The Kier molecular flexibility index (Phi) is 6.50. The highest BCUT2D eigenvalue weighted by molar-refractivity contribution is 7.99. The molecule has 7 heteroatoms. The molecule has 1 aliphatic rings. The van der Waals surface area contributed by atoms with E-state index in [0.717, 1.165) is 12.8 Å². The van der Waals surface area contributed by atoms with Crippen LogP contribution in [0.4, 0.5) is 0 Å². The fourth-order valence-corrected chi connectivity index (χ4v) is 4.36. The molecule has 3 aromatic rings. The second kappa shape index (κ2) is 8.69. The van der Waals surface area contributed by atoms with Crippen molar-refractivity contribution >= 4 is 32.8 Å². The quantitative estimate of drug-likeness (QED) is 0.620. The van der Waals surface area contributed by atoms with Gasteiger partial charge in [0, 0.05) is 21.8 Å². The van der Waals surface area contributed by atoms with E-state index < -0.39 is 10.1 Å². The number of aromatic nitrogens is 1. The van der Waals surface area contributed by atoms with Crippen LogP contribution in [-0.2, 0) is 23.0 Å². The highest BCUT2D eigenvalue weighted by Gasteiger charge is 2.26. The number of hydrogen-bond acceptors (Lipinski definition) is 4. The molecule has 1 unspecified atom stereocenters. The maximum Gasteiger partial charge on any atom is 0.264 e. The summed E-state index contributed by atoms with van der Waals surface area (Å²) in [6, 6.07) is 17.9. The van der Waals surface area contributed by atoms with Gasteiger partial charge >= 0.3 is 0 Å². The van der Waals surface area contributed by atoms with Crippen molar-refractivity contribution in [3.05, 3.63) is 59.7 Å². The minimum absolute atomic E-state index is 0.201. The van der Waals surface area contributed by atoms with Crippen LogP contribution in [0.5, 0.6) is 0 Å². The van der Waals surface area contributed by atoms with Crippen LogP contribution < -0.4 is 0 Å². The molecule has 1 aromatic heterocycles. The molecule has 5 nitrogen and oxygen atoms in total. The Balaban J connectivity index is 0.000000330. The Labute approximate surface area is 170 Å². The van der Waals surface area contributed by atoms with Gasteiger partial charge in [0.15, 0.2) is 0 Å². The van der Waals surface area contributed by atoms with E-state index in [4.69, 9.17) is 4.55 Å².